The van der Waals surface area contributed by atoms with E-state index < -0.39 is 14.1 Å². The Morgan fingerprint density at radius 2 is 1.67 bits per heavy atom. The van der Waals surface area contributed by atoms with Crippen molar-refractivity contribution in [2.24, 2.45) is 0 Å². The van der Waals surface area contributed by atoms with Gasteiger partial charge in [0.25, 0.3) is 0 Å². The molecule has 1 N–H and O–H groups in total. The average molecular weight is 234 g/mol. The number of hydrogen-bond donors (Lipinski definition) is 1. The Morgan fingerprint density at radius 3 is 2.13 bits per heavy atom. The normalized spacial score (nSPS) is 10.3. The highest BCUT2D eigenvalue weighted by Crippen LogP contribution is 2.35. The van der Waals surface area contributed by atoms with E-state index in [1.165, 1.54) is 0 Å². The van der Waals surface area contributed by atoms with Crippen LogP contribution in [0.3, 0.4) is 0 Å². The van der Waals surface area contributed by atoms with Crippen LogP contribution in [0.5, 0.6) is 0 Å². The summed E-state index contributed by atoms with van der Waals surface area (Å²) in [7, 11) is -0.595. The maximum Gasteiger partial charge on any atom is 0.308 e. The summed E-state index contributed by atoms with van der Waals surface area (Å²) in [5.74, 6) is -0.997. The molecule has 0 radical (unpaired) electrons. The monoisotopic (exact) mass is 234 g/mol. The van der Waals surface area contributed by atoms with Crippen molar-refractivity contribution in [2.45, 2.75) is 39.5 Å². The Hall–Kier alpha value is -0.630. The van der Waals surface area contributed by atoms with Crippen LogP contribution in [0.2, 0.25) is 0 Å². The van der Waals surface area contributed by atoms with Crippen LogP contribution in [0.15, 0.2) is 0 Å². The summed E-state index contributed by atoms with van der Waals surface area (Å²) in [5, 5.41) is 8.39. The molecule has 0 aromatic heterocycles. The van der Waals surface area contributed by atoms with Gasteiger partial charge < -0.3 is 9.63 Å². The molecule has 0 bridgehead atoms. The molecule has 0 aliphatic carbocycles. The molecule has 0 aromatic rings. The lowest BCUT2D eigenvalue weighted by Crippen LogP contribution is -2.03. The Labute approximate surface area is 91.8 Å². The summed E-state index contributed by atoms with van der Waals surface area (Å²) in [4.78, 5) is 21.5. The molecule has 0 aliphatic heterocycles. The zero-order chi connectivity index (χ0) is 11.7. The predicted molar refractivity (Wildman–Crippen MR) is 60.2 cm³/mol. The largest absolute Gasteiger partial charge is 0.481 e. The first-order valence-corrected chi connectivity index (χ1v) is 6.90. The van der Waals surface area contributed by atoms with E-state index in [1.54, 1.807) is 0 Å². The first kappa shape index (κ1) is 14.4. The highest BCUT2D eigenvalue weighted by Gasteiger charge is 2.10. The molecular formula is C10H19O4P. The van der Waals surface area contributed by atoms with Gasteiger partial charge in [-0.05, 0) is 12.8 Å². The molecule has 15 heavy (non-hydrogen) atoms. The first-order valence-electron chi connectivity index (χ1n) is 5.27. The second-order valence-electron chi connectivity index (χ2n) is 3.18. The number of rotatable bonds is 8. The molecule has 88 valence electrons. The molecular weight excluding hydrogens is 215 g/mol. The smallest absolute Gasteiger partial charge is 0.308 e. The number of carbonyl (C=O) groups excluding carboxylic acids is 1. The molecule has 0 saturated heterocycles. The van der Waals surface area contributed by atoms with Gasteiger partial charge in [-0.3, -0.25) is 9.59 Å². The van der Waals surface area contributed by atoms with Crippen molar-refractivity contribution in [3.8, 4) is 0 Å². The molecule has 0 rings (SSSR count). The molecule has 0 fully saturated rings. The first-order chi connectivity index (χ1) is 7.10. The van der Waals surface area contributed by atoms with Crippen LogP contribution in [-0.4, -0.2) is 29.4 Å². The summed E-state index contributed by atoms with van der Waals surface area (Å²) in [6.45, 7) is 4.01. The van der Waals surface area contributed by atoms with E-state index in [9.17, 15) is 9.59 Å². The van der Waals surface area contributed by atoms with Crippen molar-refractivity contribution < 1.29 is 19.2 Å². The zero-order valence-corrected chi connectivity index (χ0v) is 10.3. The molecule has 0 unspecified atom stereocenters. The molecule has 0 spiro atoms. The van der Waals surface area contributed by atoms with Gasteiger partial charge in [0.15, 0.2) is 0 Å². The third-order valence-corrected chi connectivity index (χ3v) is 3.83. The van der Waals surface area contributed by atoms with E-state index in [-0.39, 0.29) is 12.4 Å². The minimum absolute atomic E-state index is 0.129. The van der Waals surface area contributed by atoms with Crippen LogP contribution in [0.25, 0.3) is 0 Å². The third-order valence-electron chi connectivity index (χ3n) is 1.96. The van der Waals surface area contributed by atoms with Crippen molar-refractivity contribution in [1.82, 2.24) is 0 Å². The van der Waals surface area contributed by atoms with Crippen LogP contribution in [0.1, 0.15) is 39.5 Å². The highest BCUT2D eigenvalue weighted by molar-refractivity contribution is 7.53. The van der Waals surface area contributed by atoms with Crippen LogP contribution >= 0.6 is 8.15 Å². The maximum atomic E-state index is 11.3. The van der Waals surface area contributed by atoms with Gasteiger partial charge in [0.1, 0.15) is 0 Å². The lowest BCUT2D eigenvalue weighted by molar-refractivity contribution is -0.138. The minimum Gasteiger partial charge on any atom is -0.481 e. The zero-order valence-electron chi connectivity index (χ0n) is 9.36. The number of aliphatic carboxylic acids is 1. The van der Waals surface area contributed by atoms with Gasteiger partial charge in [0.2, 0.25) is 0 Å². The summed E-state index contributed by atoms with van der Waals surface area (Å²) in [6, 6.07) is 0. The molecule has 0 saturated carbocycles. The maximum absolute atomic E-state index is 11.3. The molecule has 0 aromatic carbocycles. The van der Waals surface area contributed by atoms with E-state index in [4.69, 9.17) is 9.63 Å². The van der Waals surface area contributed by atoms with Gasteiger partial charge in [-0.2, -0.15) is 0 Å². The number of carboxylic acid groups (broad SMARTS) is 1. The van der Waals surface area contributed by atoms with E-state index >= 15 is 0 Å². The Morgan fingerprint density at radius 1 is 1.13 bits per heavy atom. The van der Waals surface area contributed by atoms with Crippen LogP contribution in [-0.2, 0) is 14.1 Å². The fourth-order valence-corrected chi connectivity index (χ4v) is 2.17. The standard InChI is InChI=1S/C10H19O4P/c1-3-15(4-2)14-10(13)8-6-5-7-9(11)12/h3-8H2,1-2H3,(H,11,12). The van der Waals surface area contributed by atoms with E-state index in [2.05, 4.69) is 0 Å². The quantitative estimate of drug-likeness (QED) is 0.518. The highest BCUT2D eigenvalue weighted by atomic mass is 31.1. The van der Waals surface area contributed by atoms with Crippen molar-refractivity contribution in [1.29, 1.82) is 0 Å². The van der Waals surface area contributed by atoms with Crippen molar-refractivity contribution in [3.05, 3.63) is 0 Å². The van der Waals surface area contributed by atoms with Gasteiger partial charge >= 0.3 is 11.9 Å². The summed E-state index contributed by atoms with van der Waals surface area (Å²) in [5.41, 5.74) is 0. The van der Waals surface area contributed by atoms with E-state index in [1.807, 2.05) is 13.8 Å². The van der Waals surface area contributed by atoms with Crippen LogP contribution in [0.4, 0.5) is 0 Å². The fourth-order valence-electron chi connectivity index (χ4n) is 1.09. The number of carbonyl (C=O) groups is 2. The van der Waals surface area contributed by atoms with Gasteiger partial charge in [-0.1, -0.05) is 13.8 Å². The topological polar surface area (TPSA) is 63.6 Å². The fraction of sp³-hybridized carbons (Fsp3) is 0.800. The lowest BCUT2D eigenvalue weighted by atomic mass is 10.2. The van der Waals surface area contributed by atoms with Crippen molar-refractivity contribution in [3.63, 3.8) is 0 Å². The van der Waals surface area contributed by atoms with Crippen LogP contribution in [0, 0.1) is 0 Å². The molecule has 0 heterocycles. The second-order valence-corrected chi connectivity index (χ2v) is 5.59. The summed E-state index contributed by atoms with van der Waals surface area (Å²) < 4.78 is 5.23. The third kappa shape index (κ3) is 8.37. The molecule has 0 amide bonds. The summed E-state index contributed by atoms with van der Waals surface area (Å²) in [6.07, 6.45) is 3.40. The Balaban J connectivity index is 3.52. The summed E-state index contributed by atoms with van der Waals surface area (Å²) >= 11 is 0. The van der Waals surface area contributed by atoms with Gasteiger partial charge in [-0.15, -0.1) is 0 Å². The predicted octanol–water partition coefficient (Wildman–Crippen LogP) is 2.61. The second kappa shape index (κ2) is 8.66. The van der Waals surface area contributed by atoms with Gasteiger partial charge in [0.05, 0.1) is 8.15 Å². The Bertz CT molecular complexity index is 202. The van der Waals surface area contributed by atoms with Crippen LogP contribution < -0.4 is 0 Å². The number of carboxylic acids is 1. The van der Waals surface area contributed by atoms with Gasteiger partial charge in [-0.25, -0.2) is 0 Å². The molecule has 0 aliphatic rings. The van der Waals surface area contributed by atoms with Crippen molar-refractivity contribution >= 4 is 20.1 Å². The van der Waals surface area contributed by atoms with E-state index in [0.717, 1.165) is 12.3 Å². The average Bonchev–Trinajstić information content (AvgIpc) is 2.20. The van der Waals surface area contributed by atoms with E-state index in [0.29, 0.717) is 19.3 Å². The van der Waals surface area contributed by atoms with Crippen molar-refractivity contribution in [2.75, 3.05) is 12.3 Å². The Kier molecular flexibility index (Phi) is 8.30. The lowest BCUT2D eigenvalue weighted by Gasteiger charge is -2.12. The molecule has 5 heteroatoms. The number of unbranched alkanes of at least 4 members (excludes halogenated alkanes) is 1. The van der Waals surface area contributed by atoms with Gasteiger partial charge in [0, 0.05) is 25.2 Å². The minimum atomic E-state index is -0.812. The SMILES string of the molecule is CCP(CC)OC(=O)CCCCC(=O)O. The molecule has 0 atom stereocenters. The number of hydrogen-bond acceptors (Lipinski definition) is 3. The molecule has 4 nitrogen and oxygen atoms in total.